The van der Waals surface area contributed by atoms with Crippen LogP contribution in [0.5, 0.6) is 0 Å². The summed E-state index contributed by atoms with van der Waals surface area (Å²) in [7, 11) is 0. The predicted octanol–water partition coefficient (Wildman–Crippen LogP) is 3.58. The van der Waals surface area contributed by atoms with E-state index < -0.39 is 0 Å². The van der Waals surface area contributed by atoms with E-state index in [1.807, 2.05) is 13.0 Å². The van der Waals surface area contributed by atoms with Crippen LogP contribution in [-0.4, -0.2) is 15.9 Å². The van der Waals surface area contributed by atoms with Gasteiger partial charge in [0.15, 0.2) is 0 Å². The summed E-state index contributed by atoms with van der Waals surface area (Å²) in [6, 6.07) is 5.60. The van der Waals surface area contributed by atoms with Crippen LogP contribution in [0.2, 0.25) is 0 Å². The summed E-state index contributed by atoms with van der Waals surface area (Å²) in [5.41, 5.74) is 1.89. The fourth-order valence-corrected chi connectivity index (χ4v) is 2.57. The molecule has 0 saturated carbocycles. The summed E-state index contributed by atoms with van der Waals surface area (Å²) in [4.78, 5) is 14.9. The van der Waals surface area contributed by atoms with Gasteiger partial charge in [-0.25, -0.2) is 0 Å². The highest BCUT2D eigenvalue weighted by Crippen LogP contribution is 2.32. The molecule has 0 spiro atoms. The zero-order valence-electron chi connectivity index (χ0n) is 11.2. The van der Waals surface area contributed by atoms with Gasteiger partial charge in [0.1, 0.15) is 0 Å². The Kier molecular flexibility index (Phi) is 3.10. The molecule has 2 aromatic rings. The van der Waals surface area contributed by atoms with Crippen LogP contribution in [-0.2, 0) is 0 Å². The van der Waals surface area contributed by atoms with E-state index in [1.54, 1.807) is 18.3 Å². The monoisotopic (exact) mass is 269 g/mol. The maximum absolute atomic E-state index is 11.1. The van der Waals surface area contributed by atoms with E-state index in [-0.39, 0.29) is 10.6 Å². The average molecular weight is 269 g/mol. The lowest BCUT2D eigenvalue weighted by Gasteiger charge is -2.16. The smallest absolute Gasteiger partial charge is 0.278 e. The molecular formula is C15H15N3O2. The maximum Gasteiger partial charge on any atom is 0.278 e. The second-order valence-electron chi connectivity index (χ2n) is 5.04. The van der Waals surface area contributed by atoms with Gasteiger partial charge in [-0.2, -0.15) is 0 Å². The van der Waals surface area contributed by atoms with E-state index in [0.717, 1.165) is 29.6 Å². The van der Waals surface area contributed by atoms with Crippen LogP contribution >= 0.6 is 0 Å². The standard InChI is InChI=1S/C15H15N3O2/c1-10-8-12-13(9-16-10)15(18(19)20)7-6-14(12)17-11-4-2-3-5-11/h2-3,6-9,11,17H,4-5H2,1H3. The summed E-state index contributed by atoms with van der Waals surface area (Å²) in [5.74, 6) is 0. The third-order valence-electron chi connectivity index (χ3n) is 3.58. The zero-order chi connectivity index (χ0) is 14.1. The number of non-ortho nitro benzene ring substituents is 1. The van der Waals surface area contributed by atoms with Crippen molar-refractivity contribution in [2.75, 3.05) is 5.32 Å². The third kappa shape index (κ3) is 2.22. The largest absolute Gasteiger partial charge is 0.381 e. The lowest BCUT2D eigenvalue weighted by Crippen LogP contribution is -2.15. The van der Waals surface area contributed by atoms with E-state index in [2.05, 4.69) is 22.5 Å². The van der Waals surface area contributed by atoms with Crippen molar-refractivity contribution in [3.05, 3.63) is 52.4 Å². The number of fused-ring (bicyclic) bond motifs is 1. The van der Waals surface area contributed by atoms with E-state index >= 15 is 0 Å². The summed E-state index contributed by atoms with van der Waals surface area (Å²) < 4.78 is 0. The Morgan fingerprint density at radius 3 is 2.75 bits per heavy atom. The van der Waals surface area contributed by atoms with E-state index in [0.29, 0.717) is 11.4 Å². The number of benzene rings is 1. The Morgan fingerprint density at radius 2 is 2.05 bits per heavy atom. The Balaban J connectivity index is 2.10. The SMILES string of the molecule is Cc1cc2c(NC3CC=CC3)ccc([N+](=O)[O-])c2cn1. The second kappa shape index (κ2) is 4.92. The molecule has 102 valence electrons. The molecule has 0 amide bonds. The number of hydrogen-bond acceptors (Lipinski definition) is 4. The Hall–Kier alpha value is -2.43. The van der Waals surface area contributed by atoms with Gasteiger partial charge in [0.25, 0.3) is 5.69 Å². The minimum Gasteiger partial charge on any atom is -0.381 e. The number of nitrogens with zero attached hydrogens (tertiary/aromatic N) is 2. The number of nitro groups is 1. The molecule has 0 fully saturated rings. The van der Waals surface area contributed by atoms with E-state index in [1.165, 1.54) is 0 Å². The molecule has 1 aromatic heterocycles. The van der Waals surface area contributed by atoms with Crippen LogP contribution in [0.25, 0.3) is 10.8 Å². The summed E-state index contributed by atoms with van der Waals surface area (Å²) in [6.07, 6.45) is 7.86. The first-order valence-corrected chi connectivity index (χ1v) is 6.60. The summed E-state index contributed by atoms with van der Waals surface area (Å²) in [5, 5.41) is 16.0. The van der Waals surface area contributed by atoms with Gasteiger partial charge < -0.3 is 5.32 Å². The first kappa shape index (κ1) is 12.6. The molecule has 1 aliphatic carbocycles. The molecule has 0 saturated heterocycles. The number of anilines is 1. The van der Waals surface area contributed by atoms with Gasteiger partial charge in [-0.3, -0.25) is 15.1 Å². The van der Waals surface area contributed by atoms with Crippen molar-refractivity contribution in [1.82, 2.24) is 4.98 Å². The lowest BCUT2D eigenvalue weighted by atomic mass is 10.1. The number of nitrogens with one attached hydrogen (secondary N) is 1. The average Bonchev–Trinajstić information content (AvgIpc) is 2.92. The molecule has 5 heteroatoms. The van der Waals surface area contributed by atoms with Gasteiger partial charge in [0, 0.05) is 35.1 Å². The normalized spacial score (nSPS) is 14.8. The van der Waals surface area contributed by atoms with Crippen molar-refractivity contribution < 1.29 is 4.92 Å². The molecule has 0 unspecified atom stereocenters. The fraction of sp³-hybridized carbons (Fsp3) is 0.267. The molecule has 1 N–H and O–H groups in total. The van der Waals surface area contributed by atoms with Crippen molar-refractivity contribution in [2.24, 2.45) is 0 Å². The minimum atomic E-state index is -0.361. The second-order valence-corrected chi connectivity index (χ2v) is 5.04. The van der Waals surface area contributed by atoms with E-state index in [4.69, 9.17) is 0 Å². The molecule has 5 nitrogen and oxygen atoms in total. The minimum absolute atomic E-state index is 0.0996. The van der Waals surface area contributed by atoms with Crippen molar-refractivity contribution in [2.45, 2.75) is 25.8 Å². The maximum atomic E-state index is 11.1. The van der Waals surface area contributed by atoms with Gasteiger partial charge >= 0.3 is 0 Å². The van der Waals surface area contributed by atoms with Crippen LogP contribution in [0.1, 0.15) is 18.5 Å². The summed E-state index contributed by atoms with van der Waals surface area (Å²) >= 11 is 0. The molecule has 0 radical (unpaired) electrons. The van der Waals surface area contributed by atoms with Crippen LogP contribution in [0.15, 0.2) is 36.5 Å². The molecule has 20 heavy (non-hydrogen) atoms. The van der Waals surface area contributed by atoms with Crippen molar-refractivity contribution in [3.63, 3.8) is 0 Å². The predicted molar refractivity (Wildman–Crippen MR) is 78.9 cm³/mol. The topological polar surface area (TPSA) is 68.1 Å². The Morgan fingerprint density at radius 1 is 1.30 bits per heavy atom. The molecule has 1 aromatic carbocycles. The quantitative estimate of drug-likeness (QED) is 0.525. The number of aromatic nitrogens is 1. The molecule has 0 atom stereocenters. The zero-order valence-corrected chi connectivity index (χ0v) is 11.2. The van der Waals surface area contributed by atoms with Crippen LogP contribution < -0.4 is 5.32 Å². The first-order chi connectivity index (χ1) is 9.65. The highest BCUT2D eigenvalue weighted by molar-refractivity contribution is 5.99. The summed E-state index contributed by atoms with van der Waals surface area (Å²) in [6.45, 7) is 1.89. The number of nitro benzene ring substituents is 1. The highest BCUT2D eigenvalue weighted by Gasteiger charge is 2.17. The van der Waals surface area contributed by atoms with Gasteiger partial charge in [0.2, 0.25) is 0 Å². The molecule has 1 aliphatic rings. The van der Waals surface area contributed by atoms with Crippen LogP contribution in [0.3, 0.4) is 0 Å². The van der Waals surface area contributed by atoms with Crippen molar-refractivity contribution in [3.8, 4) is 0 Å². The van der Waals surface area contributed by atoms with Gasteiger partial charge in [-0.15, -0.1) is 0 Å². The number of hydrogen-bond donors (Lipinski definition) is 1. The first-order valence-electron chi connectivity index (χ1n) is 6.60. The highest BCUT2D eigenvalue weighted by atomic mass is 16.6. The van der Waals surface area contributed by atoms with Gasteiger partial charge in [-0.05, 0) is 31.9 Å². The number of pyridine rings is 1. The Bertz CT molecular complexity index is 702. The fourth-order valence-electron chi connectivity index (χ4n) is 2.57. The lowest BCUT2D eigenvalue weighted by molar-refractivity contribution is -0.383. The number of rotatable bonds is 3. The molecule has 0 aliphatic heterocycles. The van der Waals surface area contributed by atoms with Crippen LogP contribution in [0, 0.1) is 17.0 Å². The van der Waals surface area contributed by atoms with Gasteiger partial charge in [-0.1, -0.05) is 12.2 Å². The van der Waals surface area contributed by atoms with Crippen LogP contribution in [0.4, 0.5) is 11.4 Å². The number of aryl methyl sites for hydroxylation is 1. The Labute approximate surface area is 116 Å². The molecular weight excluding hydrogens is 254 g/mol. The third-order valence-corrected chi connectivity index (χ3v) is 3.58. The van der Waals surface area contributed by atoms with Crippen molar-refractivity contribution in [1.29, 1.82) is 0 Å². The molecule has 0 bridgehead atoms. The van der Waals surface area contributed by atoms with Gasteiger partial charge in [0.05, 0.1) is 10.3 Å². The van der Waals surface area contributed by atoms with Crippen molar-refractivity contribution >= 4 is 22.1 Å². The van der Waals surface area contributed by atoms with E-state index in [9.17, 15) is 10.1 Å². The molecule has 3 rings (SSSR count). The molecule has 1 heterocycles.